The topological polar surface area (TPSA) is 54.0 Å². The molecule has 2 heterocycles. The van der Waals surface area contributed by atoms with E-state index in [0.717, 1.165) is 43.3 Å². The molecule has 0 aromatic carbocycles. The van der Waals surface area contributed by atoms with Crippen LogP contribution in [0.25, 0.3) is 0 Å². The van der Waals surface area contributed by atoms with Gasteiger partial charge >= 0.3 is 0 Å². The van der Waals surface area contributed by atoms with Crippen molar-refractivity contribution in [3.8, 4) is 0 Å². The number of amides is 1. The number of hydrogen-bond donors (Lipinski definition) is 2. The number of hydrogen-bond acceptors (Lipinski definition) is 4. The van der Waals surface area contributed by atoms with Crippen LogP contribution >= 0.6 is 11.3 Å². The number of nitrogens with one attached hydrogen (secondary N) is 2. The maximum Gasteiger partial charge on any atom is 0.243 e. The Balaban J connectivity index is 1.63. The standard InChI is InChI=1S/C15H23N3OS/c1-2-4-10-6-7-11-13(9-10)20-15(17-11)18-14(19)12-5-3-8-16-12/h10,12,16H,2-9H2,1H3,(H,17,18,19). The lowest BCUT2D eigenvalue weighted by Crippen LogP contribution is -2.35. The van der Waals surface area contributed by atoms with Crippen LogP contribution in [0, 0.1) is 5.92 Å². The van der Waals surface area contributed by atoms with Gasteiger partial charge in [-0.2, -0.15) is 0 Å². The Hall–Kier alpha value is -0.940. The Labute approximate surface area is 124 Å². The molecule has 20 heavy (non-hydrogen) atoms. The van der Waals surface area contributed by atoms with E-state index in [-0.39, 0.29) is 11.9 Å². The molecular formula is C15H23N3OS. The summed E-state index contributed by atoms with van der Waals surface area (Å²) in [5.41, 5.74) is 1.22. The molecule has 5 heteroatoms. The largest absolute Gasteiger partial charge is 0.306 e. The SMILES string of the molecule is CCCC1CCc2nc(NC(=O)C3CCCN3)sc2C1. The molecule has 0 spiro atoms. The van der Waals surface area contributed by atoms with Crippen molar-refractivity contribution in [2.24, 2.45) is 5.92 Å². The van der Waals surface area contributed by atoms with Gasteiger partial charge in [0.15, 0.2) is 5.13 Å². The van der Waals surface area contributed by atoms with E-state index in [9.17, 15) is 4.79 Å². The Kier molecular flexibility index (Phi) is 4.36. The molecule has 1 aliphatic heterocycles. The molecule has 1 aliphatic carbocycles. The first-order chi connectivity index (χ1) is 9.76. The van der Waals surface area contributed by atoms with Gasteiger partial charge in [-0.25, -0.2) is 4.98 Å². The lowest BCUT2D eigenvalue weighted by Gasteiger charge is -2.19. The zero-order valence-corrected chi connectivity index (χ0v) is 12.9. The monoisotopic (exact) mass is 293 g/mol. The average molecular weight is 293 g/mol. The second-order valence-electron chi connectivity index (χ2n) is 5.92. The fraction of sp³-hybridized carbons (Fsp3) is 0.733. The molecule has 2 unspecified atom stereocenters. The predicted octanol–water partition coefficient (Wildman–Crippen LogP) is 2.74. The highest BCUT2D eigenvalue weighted by atomic mass is 32.1. The number of anilines is 1. The van der Waals surface area contributed by atoms with Gasteiger partial charge in [-0.3, -0.25) is 4.79 Å². The zero-order chi connectivity index (χ0) is 13.9. The third-order valence-corrected chi connectivity index (χ3v) is 5.38. The van der Waals surface area contributed by atoms with Crippen LogP contribution in [-0.2, 0) is 17.6 Å². The van der Waals surface area contributed by atoms with Crippen molar-refractivity contribution >= 4 is 22.4 Å². The molecule has 1 aromatic rings. The minimum absolute atomic E-state index is 0.0243. The Morgan fingerprint density at radius 3 is 3.15 bits per heavy atom. The fourth-order valence-electron chi connectivity index (χ4n) is 3.25. The maximum absolute atomic E-state index is 12.1. The molecule has 1 fully saturated rings. The fourth-order valence-corrected chi connectivity index (χ4v) is 4.38. The van der Waals surface area contributed by atoms with Crippen molar-refractivity contribution in [3.05, 3.63) is 10.6 Å². The third kappa shape index (κ3) is 3.04. The van der Waals surface area contributed by atoms with E-state index in [2.05, 4.69) is 22.5 Å². The van der Waals surface area contributed by atoms with E-state index in [0.29, 0.717) is 0 Å². The van der Waals surface area contributed by atoms with Crippen LogP contribution < -0.4 is 10.6 Å². The van der Waals surface area contributed by atoms with Gasteiger partial charge in [-0.05, 0) is 44.6 Å². The number of rotatable bonds is 4. The van der Waals surface area contributed by atoms with Crippen LogP contribution in [0.4, 0.5) is 5.13 Å². The number of aryl methyl sites for hydroxylation is 1. The molecule has 1 aromatic heterocycles. The Morgan fingerprint density at radius 2 is 2.40 bits per heavy atom. The van der Waals surface area contributed by atoms with Crippen LogP contribution in [-0.4, -0.2) is 23.5 Å². The summed E-state index contributed by atoms with van der Waals surface area (Å²) in [5, 5.41) is 7.02. The highest BCUT2D eigenvalue weighted by Crippen LogP contribution is 2.34. The molecule has 1 amide bonds. The van der Waals surface area contributed by atoms with Crippen LogP contribution in [0.1, 0.15) is 49.6 Å². The van der Waals surface area contributed by atoms with E-state index in [4.69, 9.17) is 0 Å². The average Bonchev–Trinajstić information content (AvgIpc) is 3.06. The number of thiazole rings is 1. The van der Waals surface area contributed by atoms with E-state index in [1.165, 1.54) is 29.8 Å². The molecule has 2 N–H and O–H groups in total. The Morgan fingerprint density at radius 1 is 1.50 bits per heavy atom. The summed E-state index contributed by atoms with van der Waals surface area (Å²) in [6.45, 7) is 3.20. The first-order valence-corrected chi connectivity index (χ1v) is 8.60. The number of carbonyl (C=O) groups is 1. The van der Waals surface area contributed by atoms with Crippen molar-refractivity contribution in [1.29, 1.82) is 0 Å². The second kappa shape index (κ2) is 6.22. The van der Waals surface area contributed by atoms with Gasteiger partial charge in [-0.15, -0.1) is 11.3 Å². The molecule has 4 nitrogen and oxygen atoms in total. The number of carbonyl (C=O) groups excluding carboxylic acids is 1. The number of fused-ring (bicyclic) bond motifs is 1. The molecule has 2 atom stereocenters. The predicted molar refractivity (Wildman–Crippen MR) is 82.2 cm³/mol. The van der Waals surface area contributed by atoms with E-state index < -0.39 is 0 Å². The molecule has 110 valence electrons. The van der Waals surface area contributed by atoms with Crippen molar-refractivity contribution in [3.63, 3.8) is 0 Å². The van der Waals surface area contributed by atoms with Gasteiger partial charge in [0.2, 0.25) is 5.91 Å². The van der Waals surface area contributed by atoms with Gasteiger partial charge in [0, 0.05) is 4.88 Å². The van der Waals surface area contributed by atoms with Crippen LogP contribution in [0.5, 0.6) is 0 Å². The molecule has 0 radical (unpaired) electrons. The van der Waals surface area contributed by atoms with E-state index >= 15 is 0 Å². The first-order valence-electron chi connectivity index (χ1n) is 7.79. The van der Waals surface area contributed by atoms with E-state index in [1.807, 2.05) is 0 Å². The number of nitrogens with zero attached hydrogens (tertiary/aromatic N) is 1. The molecule has 2 aliphatic rings. The molecule has 1 saturated heterocycles. The van der Waals surface area contributed by atoms with Crippen molar-refractivity contribution in [2.45, 2.75) is 57.9 Å². The number of aromatic nitrogens is 1. The van der Waals surface area contributed by atoms with Crippen molar-refractivity contribution in [2.75, 3.05) is 11.9 Å². The quantitative estimate of drug-likeness (QED) is 0.897. The van der Waals surface area contributed by atoms with Crippen molar-refractivity contribution in [1.82, 2.24) is 10.3 Å². The van der Waals surface area contributed by atoms with Crippen LogP contribution in [0.3, 0.4) is 0 Å². The molecule has 3 rings (SSSR count). The summed E-state index contributed by atoms with van der Waals surface area (Å²) in [5.74, 6) is 0.895. The third-order valence-electron chi connectivity index (χ3n) is 4.35. The lowest BCUT2D eigenvalue weighted by molar-refractivity contribution is -0.117. The van der Waals surface area contributed by atoms with Gasteiger partial charge in [0.05, 0.1) is 11.7 Å². The molecule has 0 saturated carbocycles. The highest BCUT2D eigenvalue weighted by molar-refractivity contribution is 7.15. The summed E-state index contributed by atoms with van der Waals surface area (Å²) in [6.07, 6.45) is 8.08. The summed E-state index contributed by atoms with van der Waals surface area (Å²) in [7, 11) is 0. The smallest absolute Gasteiger partial charge is 0.243 e. The van der Waals surface area contributed by atoms with Crippen LogP contribution in [0.15, 0.2) is 0 Å². The van der Waals surface area contributed by atoms with Gasteiger partial charge in [0.25, 0.3) is 0 Å². The normalized spacial score (nSPS) is 25.4. The van der Waals surface area contributed by atoms with E-state index in [1.54, 1.807) is 11.3 Å². The Bertz CT molecular complexity index is 479. The molecular weight excluding hydrogens is 270 g/mol. The maximum atomic E-state index is 12.1. The van der Waals surface area contributed by atoms with Crippen molar-refractivity contribution < 1.29 is 4.79 Å². The van der Waals surface area contributed by atoms with Crippen LogP contribution in [0.2, 0.25) is 0 Å². The zero-order valence-electron chi connectivity index (χ0n) is 12.1. The summed E-state index contributed by atoms with van der Waals surface area (Å²) in [6, 6.07) is -0.0243. The molecule has 0 bridgehead atoms. The lowest BCUT2D eigenvalue weighted by atomic mass is 9.88. The first kappa shape index (κ1) is 14.0. The second-order valence-corrected chi connectivity index (χ2v) is 7.01. The minimum Gasteiger partial charge on any atom is -0.306 e. The summed E-state index contributed by atoms with van der Waals surface area (Å²) >= 11 is 1.68. The minimum atomic E-state index is -0.0243. The highest BCUT2D eigenvalue weighted by Gasteiger charge is 2.25. The van der Waals surface area contributed by atoms with Gasteiger partial charge < -0.3 is 10.6 Å². The van der Waals surface area contributed by atoms with Gasteiger partial charge in [0.1, 0.15) is 0 Å². The summed E-state index contributed by atoms with van der Waals surface area (Å²) < 4.78 is 0. The van der Waals surface area contributed by atoms with Gasteiger partial charge in [-0.1, -0.05) is 19.8 Å². The summed E-state index contributed by atoms with van der Waals surface area (Å²) in [4.78, 5) is 18.1.